The number of nitrogens with zero attached hydrogens (tertiary/aromatic N) is 1. The van der Waals surface area contributed by atoms with Crippen LogP contribution in [0.3, 0.4) is 0 Å². The molecule has 0 spiro atoms. The number of hydrogen-bond acceptors (Lipinski definition) is 2. The molecule has 5 heteroatoms. The summed E-state index contributed by atoms with van der Waals surface area (Å²) in [5.41, 5.74) is 1.46. The van der Waals surface area contributed by atoms with Crippen LogP contribution in [0.5, 0.6) is 0 Å². The van der Waals surface area contributed by atoms with Crippen LogP contribution < -0.4 is 5.32 Å². The number of carbonyl (C=O) groups excluding carboxylic acids is 1. The van der Waals surface area contributed by atoms with Crippen molar-refractivity contribution in [2.45, 2.75) is 45.3 Å². The van der Waals surface area contributed by atoms with Crippen LogP contribution in [0.4, 0.5) is 4.79 Å². The second-order valence-corrected chi connectivity index (χ2v) is 6.65. The Labute approximate surface area is 131 Å². The first-order valence-electron chi connectivity index (χ1n) is 7.36. The maximum atomic E-state index is 12.4. The molecule has 1 aliphatic rings. The van der Waals surface area contributed by atoms with Crippen molar-refractivity contribution in [3.8, 4) is 0 Å². The lowest BCUT2D eigenvalue weighted by molar-refractivity contribution is 0.0475. The van der Waals surface area contributed by atoms with Crippen molar-refractivity contribution in [3.63, 3.8) is 0 Å². The van der Waals surface area contributed by atoms with E-state index in [0.717, 1.165) is 23.4 Å². The lowest BCUT2D eigenvalue weighted by Gasteiger charge is -2.29. The van der Waals surface area contributed by atoms with Crippen LogP contribution in [0.2, 0.25) is 5.02 Å². The minimum atomic E-state index is -0.894. The Morgan fingerprint density at radius 3 is 2.86 bits per heavy atom. The van der Waals surface area contributed by atoms with Crippen LogP contribution in [0.15, 0.2) is 18.2 Å². The van der Waals surface area contributed by atoms with Crippen molar-refractivity contribution >= 4 is 17.6 Å². The van der Waals surface area contributed by atoms with Gasteiger partial charge in [0.05, 0.1) is 18.2 Å². The van der Waals surface area contributed by atoms with Crippen LogP contribution >= 0.6 is 11.6 Å². The van der Waals surface area contributed by atoms with Crippen LogP contribution in [-0.4, -0.2) is 34.7 Å². The molecule has 0 saturated heterocycles. The highest BCUT2D eigenvalue weighted by molar-refractivity contribution is 6.30. The zero-order chi connectivity index (χ0) is 15.6. The maximum absolute atomic E-state index is 12.4. The zero-order valence-electron chi connectivity index (χ0n) is 12.8. The molecule has 2 amide bonds. The van der Waals surface area contributed by atoms with E-state index in [1.807, 2.05) is 25.1 Å². The third kappa shape index (κ3) is 4.11. The molecule has 0 aliphatic heterocycles. The van der Waals surface area contributed by atoms with Crippen molar-refractivity contribution in [3.05, 3.63) is 34.3 Å². The second kappa shape index (κ2) is 6.24. The molecule has 1 unspecified atom stereocenters. The first kappa shape index (κ1) is 16.1. The fourth-order valence-electron chi connectivity index (χ4n) is 2.77. The van der Waals surface area contributed by atoms with Gasteiger partial charge >= 0.3 is 6.03 Å². The van der Waals surface area contributed by atoms with E-state index in [-0.39, 0.29) is 12.1 Å². The number of hydrogen-bond donors (Lipinski definition) is 2. The molecule has 4 nitrogen and oxygen atoms in total. The summed E-state index contributed by atoms with van der Waals surface area (Å²) >= 11 is 6.00. The predicted molar refractivity (Wildman–Crippen MR) is 84.6 cm³/mol. The highest BCUT2D eigenvalue weighted by atomic mass is 35.5. The monoisotopic (exact) mass is 310 g/mol. The summed E-state index contributed by atoms with van der Waals surface area (Å²) in [4.78, 5) is 14.0. The molecule has 1 aromatic carbocycles. The highest BCUT2D eigenvalue weighted by Gasteiger charge is 2.27. The van der Waals surface area contributed by atoms with E-state index in [0.29, 0.717) is 13.1 Å². The van der Waals surface area contributed by atoms with Crippen molar-refractivity contribution in [2.24, 2.45) is 0 Å². The molecule has 1 atom stereocenters. The molecular formula is C16H23ClN2O2. The van der Waals surface area contributed by atoms with E-state index in [2.05, 4.69) is 5.32 Å². The smallest absolute Gasteiger partial charge is 0.317 e. The molecule has 1 aliphatic carbocycles. The van der Waals surface area contributed by atoms with Crippen molar-refractivity contribution < 1.29 is 9.90 Å². The molecule has 1 aromatic rings. The van der Waals surface area contributed by atoms with Crippen LogP contribution in [-0.2, 0) is 6.42 Å². The van der Waals surface area contributed by atoms with Gasteiger partial charge in [-0.3, -0.25) is 0 Å². The topological polar surface area (TPSA) is 52.6 Å². The highest BCUT2D eigenvalue weighted by Crippen LogP contribution is 2.32. The van der Waals surface area contributed by atoms with Gasteiger partial charge < -0.3 is 15.3 Å². The summed E-state index contributed by atoms with van der Waals surface area (Å²) in [7, 11) is 0. The van der Waals surface area contributed by atoms with Gasteiger partial charge in [0.25, 0.3) is 0 Å². The van der Waals surface area contributed by atoms with Crippen molar-refractivity contribution in [2.75, 3.05) is 13.1 Å². The molecule has 0 aromatic heterocycles. The maximum Gasteiger partial charge on any atom is 0.317 e. The molecule has 0 radical (unpaired) electrons. The van der Waals surface area contributed by atoms with E-state index in [1.54, 1.807) is 18.7 Å². The zero-order valence-corrected chi connectivity index (χ0v) is 13.6. The fraction of sp³-hybridized carbons (Fsp3) is 0.562. The number of carbonyl (C=O) groups is 1. The average Bonchev–Trinajstić information content (AvgIpc) is 2.77. The quantitative estimate of drug-likeness (QED) is 0.897. The third-order valence-corrected chi connectivity index (χ3v) is 3.96. The number of aryl methyl sites for hydroxylation is 1. The Morgan fingerprint density at radius 2 is 2.24 bits per heavy atom. The number of rotatable bonds is 4. The number of fused-ring (bicyclic) bond motifs is 1. The Bertz CT molecular complexity index is 525. The summed E-state index contributed by atoms with van der Waals surface area (Å²) in [6, 6.07) is 5.71. The number of aliphatic hydroxyl groups is 1. The number of urea groups is 1. The molecule has 116 valence electrons. The molecule has 0 fully saturated rings. The number of nitrogens with one attached hydrogen (secondary N) is 1. The van der Waals surface area contributed by atoms with Crippen LogP contribution in [0.25, 0.3) is 0 Å². The Kier molecular flexibility index (Phi) is 4.79. The minimum Gasteiger partial charge on any atom is -0.389 e. The Morgan fingerprint density at radius 1 is 1.52 bits per heavy atom. The average molecular weight is 311 g/mol. The van der Waals surface area contributed by atoms with Gasteiger partial charge in [-0.1, -0.05) is 17.7 Å². The SMILES string of the molecule is CCN(CC(C)(C)O)C(=O)NC1CCc2cc(Cl)ccc21. The summed E-state index contributed by atoms with van der Waals surface area (Å²) < 4.78 is 0. The third-order valence-electron chi connectivity index (χ3n) is 3.73. The molecule has 2 N–H and O–H groups in total. The number of halogens is 1. The largest absolute Gasteiger partial charge is 0.389 e. The fourth-order valence-corrected chi connectivity index (χ4v) is 2.97. The van der Waals surface area contributed by atoms with Gasteiger partial charge in [-0.15, -0.1) is 0 Å². The summed E-state index contributed by atoms with van der Waals surface area (Å²) in [5.74, 6) is 0. The molecule has 0 saturated carbocycles. The standard InChI is InChI=1S/C16H23ClN2O2/c1-4-19(10-16(2,3)21)15(20)18-14-8-5-11-9-12(17)6-7-13(11)14/h6-7,9,14,21H,4-5,8,10H2,1-3H3,(H,18,20). The number of benzene rings is 1. The summed E-state index contributed by atoms with van der Waals surface area (Å²) in [6.07, 6.45) is 1.82. The van der Waals surface area contributed by atoms with Crippen LogP contribution in [0.1, 0.15) is 44.4 Å². The van der Waals surface area contributed by atoms with E-state index < -0.39 is 5.60 Å². The second-order valence-electron chi connectivity index (χ2n) is 6.21. The Balaban J connectivity index is 2.04. The van der Waals surface area contributed by atoms with Gasteiger partial charge in [0.2, 0.25) is 0 Å². The Hall–Kier alpha value is -1.26. The van der Waals surface area contributed by atoms with Crippen molar-refractivity contribution in [1.29, 1.82) is 0 Å². The van der Waals surface area contributed by atoms with E-state index in [4.69, 9.17) is 11.6 Å². The summed E-state index contributed by atoms with van der Waals surface area (Å²) in [6.45, 7) is 6.20. The van der Waals surface area contributed by atoms with Gasteiger partial charge in [-0.25, -0.2) is 4.79 Å². The van der Waals surface area contributed by atoms with Gasteiger partial charge in [-0.05, 0) is 56.9 Å². The molecule has 0 heterocycles. The van der Waals surface area contributed by atoms with Crippen LogP contribution in [0, 0.1) is 0 Å². The normalized spacial score (nSPS) is 17.5. The molecular weight excluding hydrogens is 288 g/mol. The predicted octanol–water partition coefficient (Wildman–Crippen LogP) is 3.13. The van der Waals surface area contributed by atoms with E-state index in [1.165, 1.54) is 5.56 Å². The van der Waals surface area contributed by atoms with Gasteiger partial charge in [0.1, 0.15) is 0 Å². The first-order chi connectivity index (χ1) is 9.80. The van der Waals surface area contributed by atoms with E-state index in [9.17, 15) is 9.90 Å². The van der Waals surface area contributed by atoms with E-state index >= 15 is 0 Å². The molecule has 21 heavy (non-hydrogen) atoms. The van der Waals surface area contributed by atoms with Gasteiger partial charge in [-0.2, -0.15) is 0 Å². The molecule has 0 bridgehead atoms. The van der Waals surface area contributed by atoms with Gasteiger partial charge in [0.15, 0.2) is 0 Å². The lowest BCUT2D eigenvalue weighted by Crippen LogP contribution is -2.47. The van der Waals surface area contributed by atoms with Gasteiger partial charge in [0, 0.05) is 11.6 Å². The molecule has 2 rings (SSSR count). The summed E-state index contributed by atoms with van der Waals surface area (Å²) in [5, 5.41) is 13.7. The minimum absolute atomic E-state index is 0.0284. The number of amides is 2. The first-order valence-corrected chi connectivity index (χ1v) is 7.74. The number of likely N-dealkylation sites (N-methyl/N-ethyl adjacent to an activating group) is 1. The van der Waals surface area contributed by atoms with Crippen molar-refractivity contribution in [1.82, 2.24) is 10.2 Å². The lowest BCUT2D eigenvalue weighted by atomic mass is 10.1.